The number of nitrogens with one attached hydrogen (secondary N) is 1. The van der Waals surface area contributed by atoms with Gasteiger partial charge in [0.1, 0.15) is 4.90 Å². The van der Waals surface area contributed by atoms with Crippen molar-refractivity contribution in [3.63, 3.8) is 0 Å². The Morgan fingerprint density at radius 2 is 2.05 bits per heavy atom. The van der Waals surface area contributed by atoms with Crippen molar-refractivity contribution in [2.24, 2.45) is 5.92 Å². The lowest BCUT2D eigenvalue weighted by atomic mass is 9.83. The van der Waals surface area contributed by atoms with E-state index in [0.717, 1.165) is 24.8 Å². The lowest BCUT2D eigenvalue weighted by Crippen LogP contribution is -2.40. The Kier molecular flexibility index (Phi) is 5.82. The number of aliphatic hydroxyl groups excluding tert-OH is 1. The van der Waals surface area contributed by atoms with Gasteiger partial charge in [0.05, 0.1) is 11.5 Å². The Hall–Kier alpha value is -0.430. The lowest BCUT2D eigenvalue weighted by Gasteiger charge is -2.30. The van der Waals surface area contributed by atoms with Crippen LogP contribution in [0, 0.1) is 12.8 Å². The van der Waals surface area contributed by atoms with Crippen LogP contribution in [0.15, 0.2) is 10.3 Å². The minimum atomic E-state index is -3.55. The first-order chi connectivity index (χ1) is 9.99. The number of rotatable bonds is 6. The van der Waals surface area contributed by atoms with Crippen molar-refractivity contribution in [1.82, 2.24) is 4.72 Å². The molecule has 0 aromatic carbocycles. The SMILES string of the molecule is CCC(NS(=O)(=O)c1c(C)csc1CO)C1CCCCC1. The van der Waals surface area contributed by atoms with Crippen LogP contribution < -0.4 is 4.72 Å². The van der Waals surface area contributed by atoms with Gasteiger partial charge in [-0.1, -0.05) is 26.2 Å². The zero-order valence-electron chi connectivity index (χ0n) is 12.8. The van der Waals surface area contributed by atoms with E-state index < -0.39 is 10.0 Å². The largest absolute Gasteiger partial charge is 0.391 e. The molecule has 1 saturated carbocycles. The van der Waals surface area contributed by atoms with Crippen LogP contribution in [0.5, 0.6) is 0 Å². The van der Waals surface area contributed by atoms with Crippen LogP contribution >= 0.6 is 11.3 Å². The molecule has 0 amide bonds. The monoisotopic (exact) mass is 331 g/mol. The van der Waals surface area contributed by atoms with Gasteiger partial charge in [-0.15, -0.1) is 11.3 Å². The van der Waals surface area contributed by atoms with Gasteiger partial charge in [0.2, 0.25) is 10.0 Å². The first kappa shape index (κ1) is 16.9. The summed E-state index contributed by atoms with van der Waals surface area (Å²) in [7, 11) is -3.55. The molecule has 2 N–H and O–H groups in total. The molecular weight excluding hydrogens is 306 g/mol. The minimum absolute atomic E-state index is 0.00106. The summed E-state index contributed by atoms with van der Waals surface area (Å²) in [4.78, 5) is 0.808. The maximum absolute atomic E-state index is 12.7. The number of aryl methyl sites for hydroxylation is 1. The van der Waals surface area contributed by atoms with Gasteiger partial charge < -0.3 is 5.11 Å². The van der Waals surface area contributed by atoms with E-state index >= 15 is 0 Å². The molecule has 0 saturated heterocycles. The van der Waals surface area contributed by atoms with E-state index in [0.29, 0.717) is 10.8 Å². The maximum Gasteiger partial charge on any atom is 0.242 e. The van der Waals surface area contributed by atoms with E-state index in [4.69, 9.17) is 0 Å². The summed E-state index contributed by atoms with van der Waals surface area (Å²) in [5.41, 5.74) is 0.718. The average Bonchev–Trinajstić information content (AvgIpc) is 2.87. The van der Waals surface area contributed by atoms with Crippen molar-refractivity contribution >= 4 is 21.4 Å². The molecule has 1 fully saturated rings. The number of hydrogen-bond acceptors (Lipinski definition) is 4. The van der Waals surface area contributed by atoms with Crippen LogP contribution in [0.25, 0.3) is 0 Å². The fraction of sp³-hybridized carbons (Fsp3) is 0.733. The maximum atomic E-state index is 12.7. The van der Waals surface area contributed by atoms with Gasteiger partial charge in [0, 0.05) is 6.04 Å². The summed E-state index contributed by atoms with van der Waals surface area (Å²) < 4.78 is 28.3. The highest BCUT2D eigenvalue weighted by molar-refractivity contribution is 7.89. The van der Waals surface area contributed by atoms with E-state index in [1.807, 2.05) is 6.92 Å². The standard InChI is InChI=1S/C15H25NO3S2/c1-3-13(12-7-5-4-6-8-12)16-21(18,19)15-11(2)10-20-14(15)9-17/h10,12-13,16-17H,3-9H2,1-2H3. The molecule has 1 heterocycles. The van der Waals surface area contributed by atoms with E-state index in [1.165, 1.54) is 30.6 Å². The summed E-state index contributed by atoms with van der Waals surface area (Å²) in [6.45, 7) is 3.59. The number of sulfonamides is 1. The highest BCUT2D eigenvalue weighted by Gasteiger charge is 2.29. The molecule has 4 nitrogen and oxygen atoms in total. The van der Waals surface area contributed by atoms with Crippen LogP contribution in [0.3, 0.4) is 0 Å². The zero-order chi connectivity index (χ0) is 15.5. The van der Waals surface area contributed by atoms with Crippen LogP contribution in [-0.2, 0) is 16.6 Å². The fourth-order valence-corrected chi connectivity index (χ4v) is 6.32. The molecular formula is C15H25NO3S2. The molecule has 120 valence electrons. The lowest BCUT2D eigenvalue weighted by molar-refractivity contribution is 0.280. The first-order valence-corrected chi connectivity index (χ1v) is 10.1. The van der Waals surface area contributed by atoms with Gasteiger partial charge in [-0.05, 0) is 43.0 Å². The minimum Gasteiger partial charge on any atom is -0.391 e. The van der Waals surface area contributed by atoms with E-state index in [9.17, 15) is 13.5 Å². The molecule has 1 aromatic heterocycles. The molecule has 1 aromatic rings. The summed E-state index contributed by atoms with van der Waals surface area (Å²) in [5.74, 6) is 0.440. The third-order valence-corrected chi connectivity index (χ3v) is 7.30. The number of aliphatic hydroxyl groups is 1. The highest BCUT2D eigenvalue weighted by Crippen LogP contribution is 2.31. The van der Waals surface area contributed by atoms with Gasteiger partial charge in [0.15, 0.2) is 0 Å². The van der Waals surface area contributed by atoms with Gasteiger partial charge in [-0.2, -0.15) is 0 Å². The predicted molar refractivity (Wildman–Crippen MR) is 86.0 cm³/mol. The third kappa shape index (κ3) is 3.86. The topological polar surface area (TPSA) is 66.4 Å². The Labute approximate surface area is 131 Å². The molecule has 0 aliphatic heterocycles. The van der Waals surface area contributed by atoms with Crippen LogP contribution in [0.2, 0.25) is 0 Å². The summed E-state index contributed by atoms with van der Waals surface area (Å²) >= 11 is 1.30. The molecule has 1 aliphatic carbocycles. The van der Waals surface area contributed by atoms with Crippen molar-refractivity contribution in [2.45, 2.75) is 69.9 Å². The highest BCUT2D eigenvalue weighted by atomic mass is 32.2. The molecule has 6 heteroatoms. The molecule has 1 atom stereocenters. The normalized spacial score (nSPS) is 18.8. The Bertz CT molecular complexity index is 559. The molecule has 0 spiro atoms. The molecule has 2 rings (SSSR count). The van der Waals surface area contributed by atoms with Gasteiger partial charge in [-0.3, -0.25) is 0 Å². The molecule has 0 bridgehead atoms. The van der Waals surface area contributed by atoms with Crippen molar-refractivity contribution in [3.8, 4) is 0 Å². The Balaban J connectivity index is 2.20. The van der Waals surface area contributed by atoms with Gasteiger partial charge in [-0.25, -0.2) is 13.1 Å². The first-order valence-electron chi connectivity index (χ1n) is 7.69. The summed E-state index contributed by atoms with van der Waals surface area (Å²) in [6.07, 6.45) is 6.68. The quantitative estimate of drug-likeness (QED) is 0.841. The third-order valence-electron chi connectivity index (χ3n) is 4.37. The number of thiophene rings is 1. The second-order valence-electron chi connectivity index (χ2n) is 5.86. The van der Waals surface area contributed by atoms with E-state index in [1.54, 1.807) is 12.3 Å². The van der Waals surface area contributed by atoms with Gasteiger partial charge >= 0.3 is 0 Å². The van der Waals surface area contributed by atoms with Gasteiger partial charge in [0.25, 0.3) is 0 Å². The second kappa shape index (κ2) is 7.22. The van der Waals surface area contributed by atoms with Crippen molar-refractivity contribution in [1.29, 1.82) is 0 Å². The van der Waals surface area contributed by atoms with Crippen LogP contribution in [0.1, 0.15) is 55.9 Å². The average molecular weight is 332 g/mol. The molecule has 1 aliphatic rings. The Morgan fingerprint density at radius 3 is 2.62 bits per heavy atom. The Morgan fingerprint density at radius 1 is 1.38 bits per heavy atom. The molecule has 0 radical (unpaired) electrons. The van der Waals surface area contributed by atoms with Crippen molar-refractivity contribution in [2.75, 3.05) is 0 Å². The fourth-order valence-electron chi connectivity index (χ4n) is 3.26. The van der Waals surface area contributed by atoms with Crippen LogP contribution in [0.4, 0.5) is 0 Å². The van der Waals surface area contributed by atoms with E-state index in [2.05, 4.69) is 4.72 Å². The zero-order valence-corrected chi connectivity index (χ0v) is 14.4. The van der Waals surface area contributed by atoms with Crippen molar-refractivity contribution in [3.05, 3.63) is 15.8 Å². The van der Waals surface area contributed by atoms with Crippen molar-refractivity contribution < 1.29 is 13.5 Å². The second-order valence-corrected chi connectivity index (χ2v) is 8.48. The van der Waals surface area contributed by atoms with Crippen LogP contribution in [-0.4, -0.2) is 19.6 Å². The predicted octanol–water partition coefficient (Wildman–Crippen LogP) is 3.19. The molecule has 1 unspecified atom stereocenters. The number of hydrogen-bond donors (Lipinski definition) is 2. The summed E-state index contributed by atoms with van der Waals surface area (Å²) in [6, 6.07) is 0.00106. The smallest absolute Gasteiger partial charge is 0.242 e. The molecule has 21 heavy (non-hydrogen) atoms. The summed E-state index contributed by atoms with van der Waals surface area (Å²) in [5, 5.41) is 11.1. The van der Waals surface area contributed by atoms with E-state index in [-0.39, 0.29) is 17.5 Å².